The summed E-state index contributed by atoms with van der Waals surface area (Å²) < 4.78 is 0.894. The van der Waals surface area contributed by atoms with Crippen LogP contribution in [0.3, 0.4) is 0 Å². The molecule has 0 saturated carbocycles. The molecule has 2 rings (SSSR count). The normalized spacial score (nSPS) is 10.8. The van der Waals surface area contributed by atoms with E-state index < -0.39 is 15.5 Å². The van der Waals surface area contributed by atoms with Crippen molar-refractivity contribution in [3.63, 3.8) is 0 Å². The van der Waals surface area contributed by atoms with Crippen LogP contribution in [0, 0.1) is 30.7 Å². The van der Waals surface area contributed by atoms with Crippen LogP contribution in [0.2, 0.25) is 0 Å². The van der Waals surface area contributed by atoms with Crippen molar-refractivity contribution in [2.24, 2.45) is 5.10 Å². The fourth-order valence-corrected chi connectivity index (χ4v) is 2.71. The second-order valence-corrected chi connectivity index (χ2v) is 5.99. The molecule has 0 spiro atoms. The SMILES string of the molecule is Cc1cc(I)cc(/C=N\Nc2ccc([N+](=O)[O-])cc2[N+](=O)[O-])c1O. The standard InChI is InChI=1S/C14H11IN4O5/c1-8-4-10(15)5-9(14(8)20)7-16-17-12-3-2-11(18(21)22)6-13(12)19(23)24/h2-7,17,20H,1H3/b16-7-. The number of rotatable bonds is 5. The second kappa shape index (κ2) is 7.21. The summed E-state index contributed by atoms with van der Waals surface area (Å²) in [6.07, 6.45) is 1.32. The van der Waals surface area contributed by atoms with Gasteiger partial charge in [0.05, 0.1) is 22.1 Å². The highest BCUT2D eigenvalue weighted by Crippen LogP contribution is 2.29. The summed E-state index contributed by atoms with van der Waals surface area (Å²) in [7, 11) is 0. The van der Waals surface area contributed by atoms with Crippen molar-refractivity contribution in [2.45, 2.75) is 6.92 Å². The zero-order valence-electron chi connectivity index (χ0n) is 12.3. The Hall–Kier alpha value is -2.76. The molecule has 0 aliphatic carbocycles. The van der Waals surface area contributed by atoms with Gasteiger partial charge in [-0.05, 0) is 53.3 Å². The number of anilines is 1. The number of halogens is 1. The molecule has 2 aromatic carbocycles. The van der Waals surface area contributed by atoms with E-state index in [1.807, 2.05) is 0 Å². The van der Waals surface area contributed by atoms with Crippen LogP contribution in [0.5, 0.6) is 5.75 Å². The minimum Gasteiger partial charge on any atom is -0.507 e. The van der Waals surface area contributed by atoms with Crippen molar-refractivity contribution in [1.82, 2.24) is 0 Å². The van der Waals surface area contributed by atoms with Gasteiger partial charge in [-0.1, -0.05) is 0 Å². The van der Waals surface area contributed by atoms with Crippen molar-refractivity contribution >= 4 is 45.9 Å². The summed E-state index contributed by atoms with van der Waals surface area (Å²) in [5.74, 6) is 0.0548. The lowest BCUT2D eigenvalue weighted by Gasteiger charge is -2.05. The Morgan fingerprint density at radius 3 is 2.54 bits per heavy atom. The van der Waals surface area contributed by atoms with Crippen LogP contribution in [0.1, 0.15) is 11.1 Å². The molecule has 0 aliphatic rings. The molecule has 0 saturated heterocycles. The highest BCUT2D eigenvalue weighted by atomic mass is 127. The third kappa shape index (κ3) is 3.95. The van der Waals surface area contributed by atoms with Crippen molar-refractivity contribution < 1.29 is 15.0 Å². The molecule has 10 heteroatoms. The first kappa shape index (κ1) is 17.6. The summed E-state index contributed by atoms with van der Waals surface area (Å²) in [6, 6.07) is 6.68. The van der Waals surface area contributed by atoms with Crippen molar-refractivity contribution in [2.75, 3.05) is 5.43 Å². The van der Waals surface area contributed by atoms with E-state index >= 15 is 0 Å². The van der Waals surface area contributed by atoms with E-state index in [-0.39, 0.29) is 17.1 Å². The molecule has 0 bridgehead atoms. The summed E-state index contributed by atoms with van der Waals surface area (Å²) in [4.78, 5) is 20.3. The number of nitrogens with zero attached hydrogens (tertiary/aromatic N) is 3. The fraction of sp³-hybridized carbons (Fsp3) is 0.0714. The van der Waals surface area contributed by atoms with Crippen molar-refractivity contribution in [3.05, 3.63) is 65.3 Å². The zero-order valence-corrected chi connectivity index (χ0v) is 14.4. The molecule has 0 aliphatic heterocycles. The van der Waals surface area contributed by atoms with Gasteiger partial charge in [0, 0.05) is 15.2 Å². The highest BCUT2D eigenvalue weighted by Gasteiger charge is 2.19. The molecule has 2 N–H and O–H groups in total. The van der Waals surface area contributed by atoms with E-state index in [2.05, 4.69) is 33.1 Å². The maximum absolute atomic E-state index is 11.0. The monoisotopic (exact) mass is 442 g/mol. The number of hydrogen-bond acceptors (Lipinski definition) is 7. The minimum atomic E-state index is -0.738. The number of aryl methyl sites for hydroxylation is 1. The molecule has 124 valence electrons. The van der Waals surface area contributed by atoms with E-state index in [4.69, 9.17) is 0 Å². The Morgan fingerprint density at radius 1 is 1.21 bits per heavy atom. The van der Waals surface area contributed by atoms with Crippen LogP contribution in [-0.2, 0) is 0 Å². The number of aromatic hydroxyl groups is 1. The third-order valence-electron chi connectivity index (χ3n) is 3.07. The van der Waals surface area contributed by atoms with Gasteiger partial charge in [-0.3, -0.25) is 25.7 Å². The van der Waals surface area contributed by atoms with Gasteiger partial charge >= 0.3 is 5.69 Å². The topological polar surface area (TPSA) is 131 Å². The highest BCUT2D eigenvalue weighted by molar-refractivity contribution is 14.1. The molecule has 0 fully saturated rings. The molecule has 0 unspecified atom stereocenters. The fourth-order valence-electron chi connectivity index (χ4n) is 1.91. The Bertz CT molecular complexity index is 853. The molecular formula is C14H11IN4O5. The predicted octanol–water partition coefficient (Wildman–Crippen LogP) is 3.57. The van der Waals surface area contributed by atoms with E-state index in [0.717, 1.165) is 15.7 Å². The van der Waals surface area contributed by atoms with Gasteiger partial charge in [-0.2, -0.15) is 5.10 Å². The van der Waals surface area contributed by atoms with Gasteiger partial charge in [-0.25, -0.2) is 0 Å². The lowest BCUT2D eigenvalue weighted by molar-refractivity contribution is -0.393. The largest absolute Gasteiger partial charge is 0.507 e. The number of benzene rings is 2. The Morgan fingerprint density at radius 2 is 1.92 bits per heavy atom. The summed E-state index contributed by atoms with van der Waals surface area (Å²) in [5.41, 5.74) is 2.73. The van der Waals surface area contributed by atoms with Gasteiger partial charge < -0.3 is 5.11 Å². The van der Waals surface area contributed by atoms with Crippen LogP contribution in [0.25, 0.3) is 0 Å². The summed E-state index contributed by atoms with van der Waals surface area (Å²) >= 11 is 2.09. The lowest BCUT2D eigenvalue weighted by atomic mass is 10.1. The Kier molecular flexibility index (Phi) is 5.28. The van der Waals surface area contributed by atoms with Crippen LogP contribution < -0.4 is 5.43 Å². The minimum absolute atomic E-state index is 0.00342. The first-order chi connectivity index (χ1) is 11.3. The van der Waals surface area contributed by atoms with E-state index in [1.54, 1.807) is 19.1 Å². The average molecular weight is 442 g/mol. The quantitative estimate of drug-likeness (QED) is 0.315. The molecule has 0 radical (unpaired) electrons. The number of non-ortho nitro benzene ring substituents is 1. The van der Waals surface area contributed by atoms with Crippen LogP contribution >= 0.6 is 22.6 Å². The number of nitro groups is 2. The summed E-state index contributed by atoms with van der Waals surface area (Å²) in [6.45, 7) is 1.74. The number of nitro benzene ring substituents is 2. The van der Waals surface area contributed by atoms with Gasteiger partial charge in [-0.15, -0.1) is 0 Å². The van der Waals surface area contributed by atoms with Gasteiger partial charge in [0.2, 0.25) is 0 Å². The maximum Gasteiger partial charge on any atom is 0.301 e. The van der Waals surface area contributed by atoms with Crippen molar-refractivity contribution in [3.8, 4) is 5.75 Å². The smallest absolute Gasteiger partial charge is 0.301 e. The number of phenols is 1. The lowest BCUT2D eigenvalue weighted by Crippen LogP contribution is -1.99. The second-order valence-electron chi connectivity index (χ2n) is 4.75. The molecule has 2 aromatic rings. The Labute approximate surface area is 149 Å². The van der Waals surface area contributed by atoms with Crippen LogP contribution in [0.15, 0.2) is 35.4 Å². The third-order valence-corrected chi connectivity index (χ3v) is 3.70. The van der Waals surface area contributed by atoms with Crippen molar-refractivity contribution in [1.29, 1.82) is 0 Å². The maximum atomic E-state index is 11.0. The first-order valence-corrected chi connectivity index (χ1v) is 7.58. The summed E-state index contributed by atoms with van der Waals surface area (Å²) in [5, 5.41) is 35.5. The molecule has 24 heavy (non-hydrogen) atoms. The molecular weight excluding hydrogens is 431 g/mol. The van der Waals surface area contributed by atoms with E-state index in [9.17, 15) is 25.3 Å². The van der Waals surface area contributed by atoms with Gasteiger partial charge in [0.1, 0.15) is 11.4 Å². The number of hydrogen-bond donors (Lipinski definition) is 2. The number of hydrazone groups is 1. The molecule has 0 aromatic heterocycles. The van der Waals surface area contributed by atoms with Gasteiger partial charge in [0.25, 0.3) is 5.69 Å². The average Bonchev–Trinajstić information content (AvgIpc) is 2.51. The predicted molar refractivity (Wildman–Crippen MR) is 96.5 cm³/mol. The Balaban J connectivity index is 2.29. The number of phenolic OH excluding ortho intramolecular Hbond substituents is 1. The molecule has 0 heterocycles. The van der Waals surface area contributed by atoms with Crippen LogP contribution in [-0.4, -0.2) is 21.2 Å². The first-order valence-electron chi connectivity index (χ1n) is 6.50. The molecule has 9 nitrogen and oxygen atoms in total. The molecule has 0 amide bonds. The molecule has 0 atom stereocenters. The zero-order chi connectivity index (χ0) is 17.9. The van der Waals surface area contributed by atoms with E-state index in [1.165, 1.54) is 12.3 Å². The van der Waals surface area contributed by atoms with E-state index in [0.29, 0.717) is 11.1 Å². The van der Waals surface area contributed by atoms with Crippen LogP contribution in [0.4, 0.5) is 17.1 Å². The number of nitrogens with one attached hydrogen (secondary N) is 1. The van der Waals surface area contributed by atoms with Gasteiger partial charge in [0.15, 0.2) is 0 Å².